The molecule has 0 aliphatic carbocycles. The maximum Gasteiger partial charge on any atom is 0.257 e. The number of aromatic nitrogens is 2. The second kappa shape index (κ2) is 8.42. The van der Waals surface area contributed by atoms with Crippen molar-refractivity contribution in [2.75, 3.05) is 22.1 Å². The van der Waals surface area contributed by atoms with Crippen LogP contribution in [0.4, 0.5) is 16.5 Å². The summed E-state index contributed by atoms with van der Waals surface area (Å²) in [5.74, 6) is -1.02. The van der Waals surface area contributed by atoms with Crippen LogP contribution in [0.25, 0.3) is 0 Å². The third-order valence-corrected chi connectivity index (χ3v) is 5.48. The molecule has 1 aromatic heterocycles. The van der Waals surface area contributed by atoms with E-state index in [0.29, 0.717) is 22.9 Å². The van der Waals surface area contributed by atoms with Gasteiger partial charge in [-0.25, -0.2) is 0 Å². The van der Waals surface area contributed by atoms with Gasteiger partial charge < -0.3 is 10.2 Å². The predicted octanol–water partition coefficient (Wildman–Crippen LogP) is 3.09. The Bertz CT molecular complexity index is 1080. The van der Waals surface area contributed by atoms with E-state index in [0.717, 1.165) is 10.7 Å². The van der Waals surface area contributed by atoms with Crippen molar-refractivity contribution in [3.05, 3.63) is 65.2 Å². The van der Waals surface area contributed by atoms with Crippen LogP contribution >= 0.6 is 11.3 Å². The predicted molar refractivity (Wildman–Crippen MR) is 115 cm³/mol. The van der Waals surface area contributed by atoms with Gasteiger partial charge in [0.05, 0.1) is 5.92 Å². The van der Waals surface area contributed by atoms with E-state index in [1.807, 2.05) is 37.3 Å². The fourth-order valence-electron chi connectivity index (χ4n) is 3.21. The summed E-state index contributed by atoms with van der Waals surface area (Å²) in [4.78, 5) is 38.8. The number of carbonyl (C=O) groups excluding carboxylic acids is 3. The Morgan fingerprint density at radius 1 is 1.03 bits per heavy atom. The van der Waals surface area contributed by atoms with Crippen molar-refractivity contribution in [2.45, 2.75) is 13.3 Å². The number of carbonyl (C=O) groups is 3. The van der Waals surface area contributed by atoms with Gasteiger partial charge in [-0.3, -0.25) is 19.7 Å². The van der Waals surface area contributed by atoms with E-state index in [1.54, 1.807) is 29.2 Å². The van der Waals surface area contributed by atoms with Crippen molar-refractivity contribution in [3.63, 3.8) is 0 Å². The topological polar surface area (TPSA) is 104 Å². The number of hydrogen-bond donors (Lipinski definition) is 2. The molecule has 0 saturated carbocycles. The smallest absolute Gasteiger partial charge is 0.257 e. The summed E-state index contributed by atoms with van der Waals surface area (Å²) in [6, 6.07) is 15.9. The van der Waals surface area contributed by atoms with Gasteiger partial charge in [0.15, 0.2) is 0 Å². The lowest BCUT2D eigenvalue weighted by Crippen LogP contribution is -2.28. The second-order valence-corrected chi connectivity index (χ2v) is 8.07. The average Bonchev–Trinajstić information content (AvgIpc) is 3.34. The summed E-state index contributed by atoms with van der Waals surface area (Å²) < 4.78 is 0. The Morgan fingerprint density at radius 3 is 2.43 bits per heavy atom. The summed E-state index contributed by atoms with van der Waals surface area (Å²) in [7, 11) is 0. The number of anilines is 3. The Hall–Kier alpha value is -3.59. The van der Waals surface area contributed by atoms with E-state index in [-0.39, 0.29) is 24.1 Å². The van der Waals surface area contributed by atoms with Gasteiger partial charge in [0.25, 0.3) is 5.91 Å². The number of rotatable bonds is 5. The summed E-state index contributed by atoms with van der Waals surface area (Å²) in [5, 5.41) is 14.4. The van der Waals surface area contributed by atoms with Crippen molar-refractivity contribution < 1.29 is 14.4 Å². The molecule has 1 unspecified atom stereocenters. The highest BCUT2D eigenvalue weighted by Crippen LogP contribution is 2.26. The maximum atomic E-state index is 12.6. The van der Waals surface area contributed by atoms with Crippen LogP contribution in [-0.4, -0.2) is 34.5 Å². The number of aryl methyl sites for hydroxylation is 1. The molecule has 1 aliphatic rings. The molecule has 2 heterocycles. The van der Waals surface area contributed by atoms with Gasteiger partial charge in [-0.2, -0.15) is 0 Å². The monoisotopic (exact) mass is 421 g/mol. The lowest BCUT2D eigenvalue weighted by Gasteiger charge is -2.16. The van der Waals surface area contributed by atoms with E-state index in [2.05, 4.69) is 20.8 Å². The summed E-state index contributed by atoms with van der Waals surface area (Å²) in [5.41, 5.74) is 1.79. The van der Waals surface area contributed by atoms with E-state index in [4.69, 9.17) is 0 Å². The molecule has 30 heavy (non-hydrogen) atoms. The SMILES string of the molecule is Cc1nnc(NC(=O)c2ccc(NC(=O)C3CC(=O)N(c4ccccc4)C3)cc2)s1. The second-order valence-electron chi connectivity index (χ2n) is 6.89. The first-order chi connectivity index (χ1) is 14.5. The zero-order valence-corrected chi connectivity index (χ0v) is 17.0. The standard InChI is InChI=1S/C21H19N5O3S/c1-13-24-25-21(30-13)23-19(28)14-7-9-16(10-8-14)22-20(29)15-11-18(27)26(12-15)17-5-3-2-4-6-17/h2-10,15H,11-12H2,1H3,(H,22,29)(H,23,25,28). The van der Waals surface area contributed by atoms with Crippen LogP contribution in [0.1, 0.15) is 21.8 Å². The van der Waals surface area contributed by atoms with E-state index in [1.165, 1.54) is 11.3 Å². The molecule has 3 aromatic rings. The van der Waals surface area contributed by atoms with Gasteiger partial charge in [-0.1, -0.05) is 29.5 Å². The zero-order chi connectivity index (χ0) is 21.1. The lowest BCUT2D eigenvalue weighted by atomic mass is 10.1. The van der Waals surface area contributed by atoms with Gasteiger partial charge in [-0.15, -0.1) is 10.2 Å². The van der Waals surface area contributed by atoms with E-state index >= 15 is 0 Å². The van der Waals surface area contributed by atoms with Crippen molar-refractivity contribution in [1.29, 1.82) is 0 Å². The maximum absolute atomic E-state index is 12.6. The summed E-state index contributed by atoms with van der Waals surface area (Å²) >= 11 is 1.29. The molecule has 1 aliphatic heterocycles. The normalized spacial score (nSPS) is 15.8. The molecule has 2 N–H and O–H groups in total. The van der Waals surface area contributed by atoms with Crippen molar-refractivity contribution >= 4 is 45.6 Å². The lowest BCUT2D eigenvalue weighted by molar-refractivity contribution is -0.122. The first-order valence-electron chi connectivity index (χ1n) is 9.37. The molecule has 8 nitrogen and oxygen atoms in total. The molecule has 0 bridgehead atoms. The van der Waals surface area contributed by atoms with Gasteiger partial charge in [0.1, 0.15) is 5.01 Å². The molecular weight excluding hydrogens is 402 g/mol. The molecule has 0 spiro atoms. The van der Waals surface area contributed by atoms with Gasteiger partial charge in [-0.05, 0) is 43.3 Å². The number of hydrogen-bond acceptors (Lipinski definition) is 6. The molecule has 9 heteroatoms. The van der Waals surface area contributed by atoms with Crippen LogP contribution in [0, 0.1) is 12.8 Å². The van der Waals surface area contributed by atoms with Gasteiger partial charge in [0.2, 0.25) is 16.9 Å². The minimum absolute atomic E-state index is 0.0692. The number of nitrogens with zero attached hydrogens (tertiary/aromatic N) is 3. The molecule has 3 amide bonds. The van der Waals surface area contributed by atoms with Crippen LogP contribution in [-0.2, 0) is 9.59 Å². The first-order valence-corrected chi connectivity index (χ1v) is 10.2. The Balaban J connectivity index is 1.36. The highest BCUT2D eigenvalue weighted by Gasteiger charge is 2.35. The highest BCUT2D eigenvalue weighted by molar-refractivity contribution is 7.15. The molecule has 1 saturated heterocycles. The van der Waals surface area contributed by atoms with E-state index < -0.39 is 5.92 Å². The Morgan fingerprint density at radius 2 is 1.77 bits per heavy atom. The van der Waals surface area contributed by atoms with Crippen molar-refractivity contribution in [3.8, 4) is 0 Å². The zero-order valence-electron chi connectivity index (χ0n) is 16.2. The quantitative estimate of drug-likeness (QED) is 0.659. The minimum Gasteiger partial charge on any atom is -0.326 e. The van der Waals surface area contributed by atoms with Crippen molar-refractivity contribution in [2.24, 2.45) is 5.92 Å². The molecule has 1 atom stereocenters. The fourth-order valence-corrected chi connectivity index (χ4v) is 3.79. The van der Waals surface area contributed by atoms with Crippen LogP contribution in [0.2, 0.25) is 0 Å². The molecule has 1 fully saturated rings. The number of amides is 3. The largest absolute Gasteiger partial charge is 0.326 e. The molecule has 2 aromatic carbocycles. The third-order valence-electron chi connectivity index (χ3n) is 4.72. The molecule has 4 rings (SSSR count). The minimum atomic E-state index is -0.429. The van der Waals surface area contributed by atoms with Gasteiger partial charge in [0, 0.05) is 29.9 Å². The number of nitrogens with one attached hydrogen (secondary N) is 2. The van der Waals surface area contributed by atoms with Crippen molar-refractivity contribution in [1.82, 2.24) is 10.2 Å². The Kier molecular flexibility index (Phi) is 5.53. The molecule has 0 radical (unpaired) electrons. The Labute approximate surface area is 176 Å². The van der Waals surface area contributed by atoms with Crippen LogP contribution in [0.5, 0.6) is 0 Å². The highest BCUT2D eigenvalue weighted by atomic mass is 32.1. The average molecular weight is 421 g/mol. The third kappa shape index (κ3) is 4.36. The van der Waals surface area contributed by atoms with Gasteiger partial charge >= 0.3 is 0 Å². The number of benzene rings is 2. The number of para-hydroxylation sites is 1. The van der Waals surface area contributed by atoms with Crippen LogP contribution < -0.4 is 15.5 Å². The fraction of sp³-hybridized carbons (Fsp3) is 0.190. The summed E-state index contributed by atoms with van der Waals surface area (Å²) in [6.45, 7) is 2.15. The summed E-state index contributed by atoms with van der Waals surface area (Å²) in [6.07, 6.45) is 0.169. The van der Waals surface area contributed by atoms with E-state index in [9.17, 15) is 14.4 Å². The van der Waals surface area contributed by atoms with Crippen LogP contribution in [0.15, 0.2) is 54.6 Å². The van der Waals surface area contributed by atoms with Crippen LogP contribution in [0.3, 0.4) is 0 Å². The molecule has 152 valence electrons. The first kappa shape index (κ1) is 19.7. The molecular formula is C21H19N5O3S.